The summed E-state index contributed by atoms with van der Waals surface area (Å²) < 4.78 is 59.9. The van der Waals surface area contributed by atoms with Gasteiger partial charge in [-0.1, -0.05) is 121 Å². The Bertz CT molecular complexity index is 1560. The van der Waals surface area contributed by atoms with Crippen LogP contribution in [0.2, 0.25) is 0 Å². The van der Waals surface area contributed by atoms with Crippen LogP contribution >= 0.6 is 0 Å². The largest absolute Gasteiger partial charge is 0.374 e. The van der Waals surface area contributed by atoms with Gasteiger partial charge in [0.2, 0.25) is 0 Å². The highest BCUT2D eigenvalue weighted by Gasteiger charge is 2.55. The average Bonchev–Trinajstić information content (AvgIpc) is 3.07. The third kappa shape index (κ3) is 8.91. The van der Waals surface area contributed by atoms with Gasteiger partial charge in [0.1, 0.15) is 24.4 Å². The summed E-state index contributed by atoms with van der Waals surface area (Å²) in [7, 11) is -3.91. The molecule has 0 aliphatic carbocycles. The molecule has 5 atom stereocenters. The van der Waals surface area contributed by atoms with E-state index < -0.39 is 44.4 Å². The van der Waals surface area contributed by atoms with Gasteiger partial charge < -0.3 is 23.7 Å². The van der Waals surface area contributed by atoms with Gasteiger partial charge in [-0.25, -0.2) is 8.42 Å². The van der Waals surface area contributed by atoms with E-state index in [-0.39, 0.29) is 26.4 Å². The van der Waals surface area contributed by atoms with Crippen LogP contribution in [0.5, 0.6) is 0 Å². The monoisotopic (exact) mass is 644 g/mol. The van der Waals surface area contributed by atoms with Crippen molar-refractivity contribution in [1.82, 2.24) is 0 Å². The minimum atomic E-state index is -3.91. The van der Waals surface area contributed by atoms with Gasteiger partial charge in [-0.3, -0.25) is 0 Å². The van der Waals surface area contributed by atoms with E-state index in [4.69, 9.17) is 23.7 Å². The Morgan fingerprint density at radius 1 is 0.543 bits per heavy atom. The fraction of sp³-hybridized carbons (Fsp3) is 0.368. The van der Waals surface area contributed by atoms with Crippen LogP contribution in [0.1, 0.15) is 43.0 Å². The van der Waals surface area contributed by atoms with Crippen molar-refractivity contribution in [3.63, 3.8) is 0 Å². The summed E-state index contributed by atoms with van der Waals surface area (Å²) in [4.78, 5) is 0. The van der Waals surface area contributed by atoms with Crippen molar-refractivity contribution in [3.05, 3.63) is 144 Å². The molecule has 0 N–H and O–H groups in total. The maximum absolute atomic E-state index is 14.2. The maximum Gasteiger partial charge on any atom is 0.188 e. The molecule has 1 heterocycles. The summed E-state index contributed by atoms with van der Waals surface area (Å²) in [6, 6.07) is 39.1. The van der Waals surface area contributed by atoms with E-state index in [9.17, 15) is 8.42 Å². The van der Waals surface area contributed by atoms with E-state index in [1.54, 1.807) is 20.8 Å². The molecule has 8 heteroatoms. The lowest BCUT2D eigenvalue weighted by atomic mass is 9.98. The molecule has 0 aromatic heterocycles. The summed E-state index contributed by atoms with van der Waals surface area (Å²) >= 11 is 0. The smallest absolute Gasteiger partial charge is 0.188 e. The van der Waals surface area contributed by atoms with Gasteiger partial charge in [0.05, 0.1) is 37.8 Å². The highest BCUT2D eigenvalue weighted by atomic mass is 32.2. The highest BCUT2D eigenvalue weighted by molar-refractivity contribution is 7.93. The summed E-state index contributed by atoms with van der Waals surface area (Å²) in [5, 5.41) is 0. The van der Waals surface area contributed by atoms with E-state index in [0.717, 1.165) is 22.3 Å². The Kier molecular flexibility index (Phi) is 11.8. The third-order valence-electron chi connectivity index (χ3n) is 8.00. The lowest BCUT2D eigenvalue weighted by Gasteiger charge is -2.47. The molecule has 0 amide bonds. The van der Waals surface area contributed by atoms with Crippen LogP contribution in [-0.4, -0.2) is 49.6 Å². The first-order valence-corrected chi connectivity index (χ1v) is 17.2. The first-order valence-electron chi connectivity index (χ1n) is 15.7. The molecule has 1 aliphatic heterocycles. The number of ether oxygens (including phenoxy) is 5. The van der Waals surface area contributed by atoms with Gasteiger partial charge in [-0.2, -0.15) is 0 Å². The SMILES string of the molecule is CC(C)(C)S(=O)(=O)[C@H]1O[C@H](COCc2ccccc2)[C@@H](OCc2ccccc2)[C@H](OCc2ccccc2)[C@H]1OCc1ccccc1. The minimum Gasteiger partial charge on any atom is -0.374 e. The molecule has 244 valence electrons. The molecule has 0 radical (unpaired) electrons. The standard InChI is InChI=1S/C38H44O7S/c1-38(2,3)46(39,40)37-36(44-27-32-22-14-7-15-23-32)35(43-26-31-20-12-6-13-21-31)34(42-25-30-18-10-5-11-19-30)33(45-37)28-41-24-29-16-8-4-9-17-29/h4-23,33-37H,24-28H2,1-3H3/t33-,34-,35+,36-,37-/m1/s1. The van der Waals surface area contributed by atoms with Gasteiger partial charge >= 0.3 is 0 Å². The van der Waals surface area contributed by atoms with Crippen LogP contribution in [0.25, 0.3) is 0 Å². The summed E-state index contributed by atoms with van der Waals surface area (Å²) in [5.41, 5.74) is 2.51. The molecule has 4 aromatic carbocycles. The molecular weight excluding hydrogens is 600 g/mol. The summed E-state index contributed by atoms with van der Waals surface area (Å²) in [5.74, 6) is 0. The van der Waals surface area contributed by atoms with Crippen LogP contribution < -0.4 is 0 Å². The number of benzene rings is 4. The van der Waals surface area contributed by atoms with Gasteiger partial charge in [0, 0.05) is 0 Å². The second-order valence-corrected chi connectivity index (χ2v) is 15.3. The molecular formula is C38H44O7S. The first kappa shape index (κ1) is 34.0. The minimum absolute atomic E-state index is 0.0983. The Morgan fingerprint density at radius 3 is 1.33 bits per heavy atom. The molecule has 46 heavy (non-hydrogen) atoms. The molecule has 0 unspecified atom stereocenters. The lowest BCUT2D eigenvalue weighted by molar-refractivity contribution is -0.256. The molecule has 1 saturated heterocycles. The van der Waals surface area contributed by atoms with Crippen LogP contribution in [0.3, 0.4) is 0 Å². The van der Waals surface area contributed by atoms with E-state index in [1.165, 1.54) is 0 Å². The molecule has 1 aliphatic rings. The average molecular weight is 645 g/mol. The van der Waals surface area contributed by atoms with E-state index in [0.29, 0.717) is 6.61 Å². The molecule has 7 nitrogen and oxygen atoms in total. The Hall–Kier alpha value is -3.37. The first-order chi connectivity index (χ1) is 22.2. The number of hydrogen-bond donors (Lipinski definition) is 0. The number of rotatable bonds is 14. The van der Waals surface area contributed by atoms with Crippen LogP contribution in [0.15, 0.2) is 121 Å². The zero-order valence-electron chi connectivity index (χ0n) is 26.7. The quantitative estimate of drug-likeness (QED) is 0.148. The van der Waals surface area contributed by atoms with Crippen molar-refractivity contribution in [3.8, 4) is 0 Å². The fourth-order valence-corrected chi connectivity index (χ4v) is 6.92. The molecule has 4 aromatic rings. The Labute approximate surface area is 273 Å². The van der Waals surface area contributed by atoms with Crippen LogP contribution in [-0.2, 0) is 59.9 Å². The van der Waals surface area contributed by atoms with E-state index >= 15 is 0 Å². The normalized spacial score (nSPS) is 22.0. The third-order valence-corrected chi connectivity index (χ3v) is 10.7. The molecule has 0 bridgehead atoms. The Morgan fingerprint density at radius 2 is 0.913 bits per heavy atom. The van der Waals surface area contributed by atoms with Crippen molar-refractivity contribution in [1.29, 1.82) is 0 Å². The predicted octanol–water partition coefficient (Wildman–Crippen LogP) is 6.90. The van der Waals surface area contributed by atoms with Crippen molar-refractivity contribution in [2.45, 2.75) is 81.8 Å². The van der Waals surface area contributed by atoms with Gasteiger partial charge in [-0.15, -0.1) is 0 Å². The molecule has 0 spiro atoms. The predicted molar refractivity (Wildman–Crippen MR) is 178 cm³/mol. The van der Waals surface area contributed by atoms with Crippen molar-refractivity contribution in [2.24, 2.45) is 0 Å². The number of sulfone groups is 1. The van der Waals surface area contributed by atoms with Gasteiger partial charge in [0.15, 0.2) is 15.3 Å². The summed E-state index contributed by atoms with van der Waals surface area (Å²) in [6.07, 6.45) is -3.24. The zero-order valence-corrected chi connectivity index (χ0v) is 27.6. The van der Waals surface area contributed by atoms with Crippen molar-refractivity contribution in [2.75, 3.05) is 6.61 Å². The van der Waals surface area contributed by atoms with E-state index in [1.807, 2.05) is 121 Å². The highest BCUT2D eigenvalue weighted by Crippen LogP contribution is 2.36. The van der Waals surface area contributed by atoms with E-state index in [2.05, 4.69) is 0 Å². The topological polar surface area (TPSA) is 80.3 Å². The second-order valence-electron chi connectivity index (χ2n) is 12.5. The van der Waals surface area contributed by atoms with Crippen LogP contribution in [0, 0.1) is 0 Å². The maximum atomic E-state index is 14.2. The Balaban J connectivity index is 1.51. The zero-order chi connectivity index (χ0) is 32.4. The summed E-state index contributed by atoms with van der Waals surface area (Å²) in [6.45, 7) is 6.17. The van der Waals surface area contributed by atoms with Crippen molar-refractivity contribution < 1.29 is 32.1 Å². The number of hydrogen-bond acceptors (Lipinski definition) is 7. The van der Waals surface area contributed by atoms with Crippen molar-refractivity contribution >= 4 is 9.84 Å². The molecule has 5 rings (SSSR count). The lowest BCUT2D eigenvalue weighted by Crippen LogP contribution is -2.64. The molecule has 0 saturated carbocycles. The van der Waals surface area contributed by atoms with Crippen LogP contribution in [0.4, 0.5) is 0 Å². The van der Waals surface area contributed by atoms with Gasteiger partial charge in [-0.05, 0) is 43.0 Å². The molecule has 1 fully saturated rings. The van der Waals surface area contributed by atoms with Gasteiger partial charge in [0.25, 0.3) is 0 Å². The fourth-order valence-electron chi connectivity index (χ4n) is 5.35. The second kappa shape index (κ2) is 16.0.